The number of nitrogens with zero attached hydrogens (tertiary/aromatic N) is 2. The van der Waals surface area contributed by atoms with Crippen LogP contribution < -0.4 is 10.7 Å². The Morgan fingerprint density at radius 3 is 2.81 bits per heavy atom. The van der Waals surface area contributed by atoms with E-state index in [1.807, 2.05) is 56.3 Å². The second kappa shape index (κ2) is 6.61. The summed E-state index contributed by atoms with van der Waals surface area (Å²) in [4.78, 5) is 16.9. The lowest BCUT2D eigenvalue weighted by molar-refractivity contribution is 0.0998. The fourth-order valence-corrected chi connectivity index (χ4v) is 3.29. The van der Waals surface area contributed by atoms with Gasteiger partial charge in [-0.05, 0) is 44.2 Å². The number of hydrazone groups is 1. The fraction of sp³-hybridized carbons (Fsp3) is 0.105. The van der Waals surface area contributed by atoms with E-state index in [0.29, 0.717) is 16.4 Å². The summed E-state index contributed by atoms with van der Waals surface area (Å²) in [5.41, 5.74) is 5.99. The lowest BCUT2D eigenvalue weighted by atomic mass is 10.2. The molecule has 4 rings (SSSR count). The Balaban J connectivity index is 1.56. The molecule has 0 aliphatic carbocycles. The number of fused-ring (bicyclic) bond motifs is 2. The van der Waals surface area contributed by atoms with Gasteiger partial charge in [-0.1, -0.05) is 29.5 Å². The van der Waals surface area contributed by atoms with E-state index in [1.54, 1.807) is 6.07 Å². The summed E-state index contributed by atoms with van der Waals surface area (Å²) >= 11 is 1.51. The summed E-state index contributed by atoms with van der Waals surface area (Å²) < 4.78 is 6.61. The third-order valence-corrected chi connectivity index (χ3v) is 4.61. The number of carbonyl (C=O) groups excluding carboxylic acids is 1. The molecule has 0 radical (unpaired) electrons. The molecule has 0 aliphatic heterocycles. The van der Waals surface area contributed by atoms with E-state index in [4.69, 9.17) is 4.42 Å². The molecule has 2 aromatic heterocycles. The zero-order valence-electron chi connectivity index (χ0n) is 14.2. The Labute approximate surface area is 153 Å². The Kier molecular flexibility index (Phi) is 4.14. The molecule has 0 unspecified atom stereocenters. The van der Waals surface area contributed by atoms with Crippen LogP contribution in [0.4, 0.5) is 10.8 Å². The van der Waals surface area contributed by atoms with Crippen molar-refractivity contribution in [1.82, 2.24) is 4.98 Å². The highest BCUT2D eigenvalue weighted by Crippen LogP contribution is 2.28. The topological polar surface area (TPSA) is 79.5 Å². The molecule has 2 heterocycles. The van der Waals surface area contributed by atoms with Crippen LogP contribution in [0.5, 0.6) is 0 Å². The SMILES string of the molecule is CC(C)=NNc1nc2cc(NC(=O)c3cc4ccccc4o3)ccc2s1. The lowest BCUT2D eigenvalue weighted by Gasteiger charge is -2.02. The molecule has 0 bridgehead atoms. The smallest absolute Gasteiger partial charge is 0.291 e. The molecule has 2 aromatic carbocycles. The zero-order chi connectivity index (χ0) is 18.1. The number of para-hydroxylation sites is 1. The summed E-state index contributed by atoms with van der Waals surface area (Å²) in [6.07, 6.45) is 0. The first kappa shape index (κ1) is 16.3. The molecule has 26 heavy (non-hydrogen) atoms. The van der Waals surface area contributed by atoms with Gasteiger partial charge in [0.05, 0.1) is 10.2 Å². The number of nitrogens with one attached hydrogen (secondary N) is 2. The second-order valence-electron chi connectivity index (χ2n) is 5.97. The monoisotopic (exact) mass is 364 g/mol. The number of aromatic nitrogens is 1. The summed E-state index contributed by atoms with van der Waals surface area (Å²) in [7, 11) is 0. The van der Waals surface area contributed by atoms with E-state index in [0.717, 1.165) is 21.3 Å². The quantitative estimate of drug-likeness (QED) is 0.390. The van der Waals surface area contributed by atoms with Crippen LogP contribution in [0.2, 0.25) is 0 Å². The number of anilines is 2. The molecule has 0 fully saturated rings. The molecule has 4 aromatic rings. The number of furan rings is 1. The Morgan fingerprint density at radius 1 is 1.15 bits per heavy atom. The van der Waals surface area contributed by atoms with Crippen molar-refractivity contribution in [2.45, 2.75) is 13.8 Å². The van der Waals surface area contributed by atoms with Gasteiger partial charge in [-0.3, -0.25) is 10.2 Å². The molecule has 7 heteroatoms. The number of hydrogen-bond acceptors (Lipinski definition) is 6. The zero-order valence-corrected chi connectivity index (χ0v) is 15.1. The van der Waals surface area contributed by atoms with E-state index < -0.39 is 0 Å². The molecule has 2 N–H and O–H groups in total. The van der Waals surface area contributed by atoms with Gasteiger partial charge in [0.15, 0.2) is 5.76 Å². The molecular formula is C19H16N4O2S. The second-order valence-corrected chi connectivity index (χ2v) is 7.01. The predicted octanol–water partition coefficient (Wildman–Crippen LogP) is 5.10. The third kappa shape index (κ3) is 3.29. The number of benzene rings is 2. The third-order valence-electron chi connectivity index (χ3n) is 3.67. The molecule has 0 saturated heterocycles. The van der Waals surface area contributed by atoms with Crippen LogP contribution in [0.25, 0.3) is 21.2 Å². The van der Waals surface area contributed by atoms with Gasteiger partial charge in [0.2, 0.25) is 5.13 Å². The minimum Gasteiger partial charge on any atom is -0.451 e. The van der Waals surface area contributed by atoms with Gasteiger partial charge in [-0.15, -0.1) is 0 Å². The first-order valence-corrected chi connectivity index (χ1v) is 8.87. The van der Waals surface area contributed by atoms with E-state index in [9.17, 15) is 4.79 Å². The van der Waals surface area contributed by atoms with E-state index in [2.05, 4.69) is 20.8 Å². The van der Waals surface area contributed by atoms with Crippen molar-refractivity contribution in [3.63, 3.8) is 0 Å². The minimum atomic E-state index is -0.291. The van der Waals surface area contributed by atoms with Crippen molar-refractivity contribution >= 4 is 55.0 Å². The first-order valence-electron chi connectivity index (χ1n) is 8.06. The van der Waals surface area contributed by atoms with Gasteiger partial charge in [0.25, 0.3) is 5.91 Å². The summed E-state index contributed by atoms with van der Waals surface area (Å²) in [5, 5.41) is 8.62. The highest BCUT2D eigenvalue weighted by atomic mass is 32.1. The largest absolute Gasteiger partial charge is 0.451 e. The van der Waals surface area contributed by atoms with Crippen LogP contribution in [0.3, 0.4) is 0 Å². The van der Waals surface area contributed by atoms with Crippen molar-refractivity contribution in [2.75, 3.05) is 10.7 Å². The van der Waals surface area contributed by atoms with Gasteiger partial charge >= 0.3 is 0 Å². The Hall–Kier alpha value is -3.19. The summed E-state index contributed by atoms with van der Waals surface area (Å²) in [6.45, 7) is 3.82. The van der Waals surface area contributed by atoms with Gasteiger partial charge in [-0.25, -0.2) is 4.98 Å². The van der Waals surface area contributed by atoms with Crippen LogP contribution in [0.15, 0.2) is 58.0 Å². The number of amides is 1. The fourth-order valence-electron chi connectivity index (χ4n) is 2.50. The molecule has 1 amide bonds. The molecular weight excluding hydrogens is 348 g/mol. The van der Waals surface area contributed by atoms with Crippen molar-refractivity contribution in [3.8, 4) is 0 Å². The van der Waals surface area contributed by atoms with Gasteiger partial charge in [0, 0.05) is 16.8 Å². The van der Waals surface area contributed by atoms with Crippen molar-refractivity contribution < 1.29 is 9.21 Å². The standard InChI is InChI=1S/C19H16N4O2S/c1-11(2)22-23-19-21-14-10-13(7-8-17(14)26-19)20-18(24)16-9-12-5-3-4-6-15(12)25-16/h3-10H,1-2H3,(H,20,24)(H,21,23). The highest BCUT2D eigenvalue weighted by molar-refractivity contribution is 7.22. The normalized spacial score (nSPS) is 10.8. The van der Waals surface area contributed by atoms with Gasteiger partial charge in [0.1, 0.15) is 5.58 Å². The van der Waals surface area contributed by atoms with Gasteiger partial charge < -0.3 is 9.73 Å². The molecule has 130 valence electrons. The molecule has 0 atom stereocenters. The van der Waals surface area contributed by atoms with Crippen molar-refractivity contribution in [1.29, 1.82) is 0 Å². The Morgan fingerprint density at radius 2 is 2.00 bits per heavy atom. The van der Waals surface area contributed by atoms with Crippen LogP contribution in [-0.4, -0.2) is 16.6 Å². The van der Waals surface area contributed by atoms with E-state index in [-0.39, 0.29) is 11.7 Å². The number of carbonyl (C=O) groups is 1. The Bertz CT molecular complexity index is 1110. The lowest BCUT2D eigenvalue weighted by Crippen LogP contribution is -2.10. The number of rotatable bonds is 4. The molecule has 6 nitrogen and oxygen atoms in total. The number of hydrogen-bond donors (Lipinski definition) is 2. The maximum atomic E-state index is 12.4. The summed E-state index contributed by atoms with van der Waals surface area (Å²) in [6, 6.07) is 14.9. The molecule has 0 aliphatic rings. The van der Waals surface area contributed by atoms with Crippen molar-refractivity contribution in [3.05, 3.63) is 54.3 Å². The van der Waals surface area contributed by atoms with E-state index in [1.165, 1.54) is 11.3 Å². The number of thiazole rings is 1. The average Bonchev–Trinajstić information content (AvgIpc) is 3.23. The summed E-state index contributed by atoms with van der Waals surface area (Å²) in [5.74, 6) is -0.0139. The molecule has 0 spiro atoms. The molecule has 0 saturated carbocycles. The van der Waals surface area contributed by atoms with Crippen LogP contribution in [0, 0.1) is 0 Å². The highest BCUT2D eigenvalue weighted by Gasteiger charge is 2.13. The van der Waals surface area contributed by atoms with Crippen LogP contribution in [-0.2, 0) is 0 Å². The van der Waals surface area contributed by atoms with Crippen molar-refractivity contribution in [2.24, 2.45) is 5.10 Å². The minimum absolute atomic E-state index is 0.277. The maximum absolute atomic E-state index is 12.4. The average molecular weight is 364 g/mol. The van der Waals surface area contributed by atoms with Crippen LogP contribution >= 0.6 is 11.3 Å². The predicted molar refractivity (Wildman–Crippen MR) is 106 cm³/mol. The first-order chi connectivity index (χ1) is 12.6. The van der Waals surface area contributed by atoms with Gasteiger partial charge in [-0.2, -0.15) is 5.10 Å². The van der Waals surface area contributed by atoms with E-state index >= 15 is 0 Å². The van der Waals surface area contributed by atoms with Crippen LogP contribution in [0.1, 0.15) is 24.4 Å². The maximum Gasteiger partial charge on any atom is 0.291 e.